The zero-order valence-corrected chi connectivity index (χ0v) is 33.5. The molecule has 0 aliphatic rings. The number of aromatic nitrogens is 2. The molecule has 10 rings (SSSR count). The van der Waals surface area contributed by atoms with Crippen molar-refractivity contribution in [2.24, 2.45) is 0 Å². The monoisotopic (exact) mass is 800 g/mol. The average Bonchev–Trinajstić information content (AvgIpc) is 3.84. The lowest BCUT2D eigenvalue weighted by atomic mass is 9.96. The maximum absolute atomic E-state index is 11.5. The van der Waals surface area contributed by atoms with E-state index in [1.165, 1.54) is 0 Å². The zero-order valence-electron chi connectivity index (χ0n) is 33.5. The molecule has 2 aromatic heterocycles. The second-order valence-corrected chi connectivity index (χ2v) is 15.3. The van der Waals surface area contributed by atoms with Gasteiger partial charge < -0.3 is 9.13 Å². The van der Waals surface area contributed by atoms with Crippen LogP contribution in [0, 0.1) is 65.4 Å². The van der Waals surface area contributed by atoms with E-state index in [1.807, 2.05) is 110 Å². The molecule has 0 spiro atoms. The Bertz CT molecular complexity index is 3680. The van der Waals surface area contributed by atoms with Gasteiger partial charge in [0, 0.05) is 32.7 Å². The fraction of sp³-hybridized carbons (Fsp3) is 0.0182. The number of benzene rings is 8. The van der Waals surface area contributed by atoms with E-state index >= 15 is 0 Å². The lowest BCUT2D eigenvalue weighted by Gasteiger charge is -2.19. The van der Waals surface area contributed by atoms with Gasteiger partial charge in [-0.25, -0.2) is 9.69 Å². The molecule has 10 aromatic rings. The first-order valence-electron chi connectivity index (χ1n) is 19.9. The quantitative estimate of drug-likeness (QED) is 0.161. The highest BCUT2D eigenvalue weighted by Gasteiger charge is 2.24. The molecule has 288 valence electrons. The van der Waals surface area contributed by atoms with Gasteiger partial charge in [0.2, 0.25) is 0 Å². The summed E-state index contributed by atoms with van der Waals surface area (Å²) in [5.74, 6) is 0. The van der Waals surface area contributed by atoms with E-state index in [4.69, 9.17) is 13.1 Å². The number of hydrogen-bond donors (Lipinski definition) is 0. The number of para-hydroxylation sites is 2. The van der Waals surface area contributed by atoms with Gasteiger partial charge in [0.15, 0.2) is 11.4 Å². The summed E-state index contributed by atoms with van der Waals surface area (Å²) in [6.45, 7) is 17.4. The van der Waals surface area contributed by atoms with Crippen LogP contribution in [-0.4, -0.2) is 9.13 Å². The van der Waals surface area contributed by atoms with Crippen molar-refractivity contribution < 1.29 is 0 Å². The molecule has 8 heteroatoms. The summed E-state index contributed by atoms with van der Waals surface area (Å²) < 4.78 is 4.22. The molecule has 0 radical (unpaired) electrons. The summed E-state index contributed by atoms with van der Waals surface area (Å²) in [5.41, 5.74) is 12.5. The first-order valence-corrected chi connectivity index (χ1v) is 19.9. The molecule has 0 aliphatic heterocycles. The van der Waals surface area contributed by atoms with Gasteiger partial charge in [0.1, 0.15) is 11.6 Å². The van der Waals surface area contributed by atoms with Gasteiger partial charge in [0.25, 0.3) is 0 Å². The lowest BCUT2D eigenvalue weighted by molar-refractivity contribution is 1.12. The van der Waals surface area contributed by atoms with Crippen LogP contribution in [0.5, 0.6) is 0 Å². The second kappa shape index (κ2) is 14.8. The highest BCUT2D eigenvalue weighted by atomic mass is 15.0. The van der Waals surface area contributed by atoms with E-state index in [9.17, 15) is 21.0 Å². The van der Waals surface area contributed by atoms with E-state index in [2.05, 4.69) is 55.2 Å². The summed E-state index contributed by atoms with van der Waals surface area (Å²) in [6.07, 6.45) is 0. The average molecular weight is 801 g/mol. The predicted octanol–water partition coefficient (Wildman–Crippen LogP) is 13.8. The number of hydrogen-bond acceptors (Lipinski definition) is 4. The van der Waals surface area contributed by atoms with Crippen molar-refractivity contribution in [3.63, 3.8) is 0 Å². The number of nitriles is 4. The highest BCUT2D eigenvalue weighted by Crippen LogP contribution is 2.43. The highest BCUT2D eigenvalue weighted by molar-refractivity contribution is 6.12. The van der Waals surface area contributed by atoms with E-state index < -0.39 is 0 Å². The van der Waals surface area contributed by atoms with Gasteiger partial charge in [-0.3, -0.25) is 0 Å². The van der Waals surface area contributed by atoms with Crippen LogP contribution < -0.4 is 0 Å². The van der Waals surface area contributed by atoms with Crippen LogP contribution in [0.25, 0.3) is 98.1 Å². The molecule has 8 aromatic carbocycles. The fourth-order valence-corrected chi connectivity index (χ4v) is 8.94. The van der Waals surface area contributed by atoms with Crippen molar-refractivity contribution in [2.45, 2.75) is 6.92 Å². The maximum atomic E-state index is 11.5. The molecule has 0 atom stereocenters. The molecule has 8 nitrogen and oxygen atoms in total. The molecular formula is C55H28N8. The number of fused-ring (bicyclic) bond motifs is 6. The summed E-state index contributed by atoms with van der Waals surface area (Å²) in [6, 6.07) is 57.6. The SMILES string of the molecule is [C-]#[N+]c1ccc(-c2ccc3c4ccccc4n(-c4cc(-c5cc(C)cc(C#N)c5)cc(-n5c6ccccc6c6ccc(-c7ccc(C#N)cc7[N+]#[C-])cc65)c4C#N)c3c2)c(C#N)c1. The molecule has 0 bridgehead atoms. The molecule has 0 unspecified atom stereocenters. The van der Waals surface area contributed by atoms with E-state index in [0.29, 0.717) is 56.1 Å². The summed E-state index contributed by atoms with van der Waals surface area (Å²) in [4.78, 5) is 7.32. The van der Waals surface area contributed by atoms with Crippen molar-refractivity contribution in [1.82, 2.24) is 9.13 Å². The zero-order chi connectivity index (χ0) is 43.4. The van der Waals surface area contributed by atoms with Gasteiger partial charge >= 0.3 is 0 Å². The van der Waals surface area contributed by atoms with Crippen LogP contribution in [0.15, 0.2) is 152 Å². The topological polar surface area (TPSA) is 114 Å². The Kier molecular flexibility index (Phi) is 8.85. The van der Waals surface area contributed by atoms with Gasteiger partial charge in [-0.2, -0.15) is 21.0 Å². The molecule has 0 saturated carbocycles. The standard InChI is InChI=1S/C55H28N8/c1-33-20-35(30-57)22-38(21-33)39-27-54(62-50-10-6-4-8-44(50)46-17-13-36(25-52(46)62)42-19-15-41(60-2)24-40(42)31-58)48(32-59)55(28-39)63-51-11-7-5-9-45(51)47-18-14-37(26-53(47)63)43-16-12-34(29-56)23-49(43)61-3/h4-28H,1H3. The first-order chi connectivity index (χ1) is 30.9. The number of aryl methyl sites for hydroxylation is 1. The fourth-order valence-electron chi connectivity index (χ4n) is 8.94. The van der Waals surface area contributed by atoms with Crippen LogP contribution in [-0.2, 0) is 0 Å². The minimum atomic E-state index is 0.362. The predicted molar refractivity (Wildman–Crippen MR) is 248 cm³/mol. The second-order valence-electron chi connectivity index (χ2n) is 15.3. The largest absolute Gasteiger partial charge is 0.308 e. The summed E-state index contributed by atoms with van der Waals surface area (Å²) in [7, 11) is 0. The third-order valence-corrected chi connectivity index (χ3v) is 11.7. The Morgan fingerprint density at radius 2 is 1.02 bits per heavy atom. The van der Waals surface area contributed by atoms with Crippen LogP contribution in [0.2, 0.25) is 0 Å². The third-order valence-electron chi connectivity index (χ3n) is 11.7. The van der Waals surface area contributed by atoms with E-state index in [0.717, 1.165) is 71.4 Å². The summed E-state index contributed by atoms with van der Waals surface area (Å²) >= 11 is 0. The van der Waals surface area contributed by atoms with Crippen molar-refractivity contribution >= 4 is 55.0 Å². The first kappa shape index (κ1) is 37.6. The van der Waals surface area contributed by atoms with Gasteiger partial charge in [-0.15, -0.1) is 0 Å². The molecule has 2 heterocycles. The Labute approximate surface area is 362 Å². The van der Waals surface area contributed by atoms with Gasteiger partial charge in [0.05, 0.1) is 70.4 Å². The minimum absolute atomic E-state index is 0.362. The summed E-state index contributed by atoms with van der Waals surface area (Å²) in [5, 5.41) is 45.3. The normalized spacial score (nSPS) is 10.8. The van der Waals surface area contributed by atoms with E-state index in [-0.39, 0.29) is 0 Å². The molecule has 0 N–H and O–H groups in total. The smallest absolute Gasteiger partial charge is 0.196 e. The van der Waals surface area contributed by atoms with Gasteiger partial charge in [-0.05, 0) is 113 Å². The number of nitrogens with zero attached hydrogens (tertiary/aromatic N) is 8. The Morgan fingerprint density at radius 3 is 1.59 bits per heavy atom. The molecule has 63 heavy (non-hydrogen) atoms. The Balaban J connectivity index is 1.34. The lowest BCUT2D eigenvalue weighted by Crippen LogP contribution is -2.05. The number of rotatable bonds is 5. The van der Waals surface area contributed by atoms with Crippen molar-refractivity contribution in [1.29, 1.82) is 21.0 Å². The van der Waals surface area contributed by atoms with Crippen LogP contribution in [0.3, 0.4) is 0 Å². The van der Waals surface area contributed by atoms with Crippen LogP contribution in [0.4, 0.5) is 11.4 Å². The van der Waals surface area contributed by atoms with Crippen molar-refractivity contribution in [3.8, 4) is 69.0 Å². The Morgan fingerprint density at radius 1 is 0.444 bits per heavy atom. The third kappa shape index (κ3) is 6.02. The molecule has 0 amide bonds. The molecule has 0 saturated heterocycles. The maximum Gasteiger partial charge on any atom is 0.196 e. The van der Waals surface area contributed by atoms with Crippen molar-refractivity contribution in [3.05, 3.63) is 202 Å². The molecule has 0 aliphatic carbocycles. The van der Waals surface area contributed by atoms with E-state index in [1.54, 1.807) is 36.4 Å². The minimum Gasteiger partial charge on any atom is -0.308 e. The van der Waals surface area contributed by atoms with Crippen LogP contribution >= 0.6 is 0 Å². The molecular weight excluding hydrogens is 773 g/mol. The Hall–Kier alpha value is -9.70. The van der Waals surface area contributed by atoms with Crippen molar-refractivity contribution in [2.75, 3.05) is 0 Å². The van der Waals surface area contributed by atoms with Gasteiger partial charge in [-0.1, -0.05) is 84.9 Å². The van der Waals surface area contributed by atoms with Crippen LogP contribution in [0.1, 0.15) is 27.8 Å². The molecule has 0 fully saturated rings.